The molecule has 1 amide bonds. The number of carbonyl (C=O) groups excluding carboxylic acids is 1. The lowest BCUT2D eigenvalue weighted by atomic mass is 10.1. The molecule has 0 aliphatic carbocycles. The van der Waals surface area contributed by atoms with E-state index in [1.54, 1.807) is 49.6 Å². The average molecular weight is 314 g/mol. The Kier molecular flexibility index (Phi) is 5.71. The molecule has 0 aliphatic heterocycles. The van der Waals surface area contributed by atoms with Crippen LogP contribution >= 0.6 is 0 Å². The minimum atomic E-state index is -1.27. The fourth-order valence-corrected chi connectivity index (χ4v) is 1.94. The van der Waals surface area contributed by atoms with Crippen molar-refractivity contribution < 1.29 is 19.4 Å². The van der Waals surface area contributed by atoms with Gasteiger partial charge in [0.25, 0.3) is 5.91 Å². The third kappa shape index (κ3) is 4.31. The second kappa shape index (κ2) is 7.95. The van der Waals surface area contributed by atoms with Crippen LogP contribution in [0.1, 0.15) is 17.2 Å². The number of hydrazone groups is 1. The van der Waals surface area contributed by atoms with Crippen LogP contribution in [0, 0.1) is 0 Å². The molecule has 0 saturated heterocycles. The highest BCUT2D eigenvalue weighted by Gasteiger charge is 2.16. The maximum atomic E-state index is 11.9. The summed E-state index contributed by atoms with van der Waals surface area (Å²) < 4.78 is 10.3. The summed E-state index contributed by atoms with van der Waals surface area (Å²) in [7, 11) is 3.09. The fraction of sp³-hybridized carbons (Fsp3) is 0.176. The third-order valence-corrected chi connectivity index (χ3v) is 3.18. The molecule has 0 aromatic heterocycles. The summed E-state index contributed by atoms with van der Waals surface area (Å²) in [6, 6.07) is 13.9. The van der Waals surface area contributed by atoms with E-state index >= 15 is 0 Å². The number of methoxy groups -OCH3 is 2. The van der Waals surface area contributed by atoms with Crippen molar-refractivity contribution in [3.63, 3.8) is 0 Å². The molecule has 0 radical (unpaired) electrons. The number of rotatable bonds is 6. The Morgan fingerprint density at radius 2 is 1.91 bits per heavy atom. The molecule has 1 atom stereocenters. The zero-order chi connectivity index (χ0) is 16.7. The summed E-state index contributed by atoms with van der Waals surface area (Å²) in [5, 5.41) is 13.8. The number of carbonyl (C=O) groups is 1. The molecule has 2 aromatic carbocycles. The lowest BCUT2D eigenvalue weighted by molar-refractivity contribution is -0.129. The fourth-order valence-electron chi connectivity index (χ4n) is 1.94. The molecule has 0 bridgehead atoms. The van der Waals surface area contributed by atoms with Crippen molar-refractivity contribution in [3.8, 4) is 11.5 Å². The zero-order valence-corrected chi connectivity index (χ0v) is 12.9. The molecule has 0 aliphatic rings. The maximum Gasteiger partial charge on any atom is 0.273 e. The second-order valence-corrected chi connectivity index (χ2v) is 4.66. The number of nitrogens with zero attached hydrogens (tertiary/aromatic N) is 1. The van der Waals surface area contributed by atoms with E-state index in [2.05, 4.69) is 10.5 Å². The van der Waals surface area contributed by atoms with E-state index in [1.807, 2.05) is 6.07 Å². The number of benzene rings is 2. The summed E-state index contributed by atoms with van der Waals surface area (Å²) >= 11 is 0. The average Bonchev–Trinajstić information content (AvgIpc) is 2.61. The number of hydrogen-bond donors (Lipinski definition) is 2. The lowest BCUT2D eigenvalue weighted by Gasteiger charge is -2.09. The summed E-state index contributed by atoms with van der Waals surface area (Å²) in [4.78, 5) is 11.9. The topological polar surface area (TPSA) is 80.2 Å². The van der Waals surface area contributed by atoms with E-state index < -0.39 is 12.0 Å². The van der Waals surface area contributed by atoms with Gasteiger partial charge in [0, 0.05) is 11.6 Å². The molecule has 0 saturated carbocycles. The molecule has 1 unspecified atom stereocenters. The van der Waals surface area contributed by atoms with E-state index in [0.29, 0.717) is 22.6 Å². The normalized spacial score (nSPS) is 12.0. The molecule has 2 N–H and O–H groups in total. The van der Waals surface area contributed by atoms with Crippen LogP contribution in [0.15, 0.2) is 53.6 Å². The van der Waals surface area contributed by atoms with Gasteiger partial charge in [-0.2, -0.15) is 5.10 Å². The smallest absolute Gasteiger partial charge is 0.273 e. The zero-order valence-electron chi connectivity index (χ0n) is 12.9. The number of amides is 1. The van der Waals surface area contributed by atoms with Crippen molar-refractivity contribution in [3.05, 3.63) is 59.7 Å². The van der Waals surface area contributed by atoms with Gasteiger partial charge in [0.15, 0.2) is 6.10 Å². The van der Waals surface area contributed by atoms with Crippen molar-refractivity contribution in [2.24, 2.45) is 5.10 Å². The van der Waals surface area contributed by atoms with Gasteiger partial charge in [0.2, 0.25) is 0 Å². The molecular formula is C17H18N2O4. The maximum absolute atomic E-state index is 11.9. The van der Waals surface area contributed by atoms with Gasteiger partial charge in [0.05, 0.1) is 20.4 Å². The molecule has 6 heteroatoms. The van der Waals surface area contributed by atoms with Crippen LogP contribution in [0.25, 0.3) is 0 Å². The quantitative estimate of drug-likeness (QED) is 0.630. The molecule has 0 heterocycles. The van der Waals surface area contributed by atoms with E-state index in [1.165, 1.54) is 13.3 Å². The first-order valence-corrected chi connectivity index (χ1v) is 6.93. The van der Waals surface area contributed by atoms with Crippen LogP contribution in [0.2, 0.25) is 0 Å². The van der Waals surface area contributed by atoms with Gasteiger partial charge in [-0.3, -0.25) is 4.79 Å². The van der Waals surface area contributed by atoms with E-state index in [9.17, 15) is 9.90 Å². The Hall–Kier alpha value is -2.86. The van der Waals surface area contributed by atoms with Crippen molar-refractivity contribution in [2.45, 2.75) is 6.10 Å². The number of hydrogen-bond acceptors (Lipinski definition) is 5. The first-order chi connectivity index (χ1) is 11.2. The van der Waals surface area contributed by atoms with Crippen LogP contribution < -0.4 is 14.9 Å². The predicted octanol–water partition coefficient (Wildman–Crippen LogP) is 1.89. The Bertz CT molecular complexity index is 686. The third-order valence-electron chi connectivity index (χ3n) is 3.18. The molecule has 2 aromatic rings. The Morgan fingerprint density at radius 3 is 2.57 bits per heavy atom. The monoisotopic (exact) mass is 314 g/mol. The molecule has 23 heavy (non-hydrogen) atoms. The molecule has 6 nitrogen and oxygen atoms in total. The molecule has 120 valence electrons. The van der Waals surface area contributed by atoms with Gasteiger partial charge in [-0.25, -0.2) is 5.43 Å². The molecule has 0 spiro atoms. The number of aliphatic hydroxyl groups excluding tert-OH is 1. The first-order valence-electron chi connectivity index (χ1n) is 6.93. The Labute approximate surface area is 134 Å². The van der Waals surface area contributed by atoms with Crippen LogP contribution in [-0.2, 0) is 4.79 Å². The minimum absolute atomic E-state index is 0.502. The van der Waals surface area contributed by atoms with Crippen molar-refractivity contribution in [1.29, 1.82) is 0 Å². The first kappa shape index (κ1) is 16.5. The Balaban J connectivity index is 2.02. The van der Waals surface area contributed by atoms with Gasteiger partial charge in [-0.15, -0.1) is 0 Å². The highest BCUT2D eigenvalue weighted by Crippen LogP contribution is 2.23. The minimum Gasteiger partial charge on any atom is -0.497 e. The predicted molar refractivity (Wildman–Crippen MR) is 86.7 cm³/mol. The summed E-state index contributed by atoms with van der Waals surface area (Å²) in [6.07, 6.45) is 0.166. The highest BCUT2D eigenvalue weighted by atomic mass is 16.5. The standard InChI is InChI=1S/C17H18N2O4/c1-22-14-9-8-13(15(10-14)23-2)11-18-19-17(21)16(20)12-6-4-3-5-7-12/h3-11,16,20H,1-2H3,(H,19,21)/b18-11+. The van der Waals surface area contributed by atoms with Gasteiger partial charge >= 0.3 is 0 Å². The summed E-state index contributed by atoms with van der Waals surface area (Å²) in [5.41, 5.74) is 3.47. The van der Waals surface area contributed by atoms with Crippen molar-refractivity contribution in [1.82, 2.24) is 5.43 Å². The van der Waals surface area contributed by atoms with Gasteiger partial charge in [0.1, 0.15) is 11.5 Å². The van der Waals surface area contributed by atoms with E-state index in [0.717, 1.165) is 0 Å². The van der Waals surface area contributed by atoms with Crippen LogP contribution in [0.5, 0.6) is 11.5 Å². The number of ether oxygens (including phenoxy) is 2. The molecular weight excluding hydrogens is 296 g/mol. The van der Waals surface area contributed by atoms with Crippen molar-refractivity contribution in [2.75, 3.05) is 14.2 Å². The van der Waals surface area contributed by atoms with E-state index in [-0.39, 0.29) is 0 Å². The SMILES string of the molecule is COc1ccc(/C=N/NC(=O)C(O)c2ccccc2)c(OC)c1. The molecule has 0 fully saturated rings. The summed E-state index contributed by atoms with van der Waals surface area (Å²) in [6.45, 7) is 0. The van der Waals surface area contributed by atoms with Gasteiger partial charge in [-0.1, -0.05) is 30.3 Å². The second-order valence-electron chi connectivity index (χ2n) is 4.66. The lowest BCUT2D eigenvalue weighted by Crippen LogP contribution is -2.25. The van der Waals surface area contributed by atoms with Gasteiger partial charge < -0.3 is 14.6 Å². The van der Waals surface area contributed by atoms with Crippen LogP contribution in [0.3, 0.4) is 0 Å². The Morgan fingerprint density at radius 1 is 1.17 bits per heavy atom. The van der Waals surface area contributed by atoms with Crippen molar-refractivity contribution >= 4 is 12.1 Å². The van der Waals surface area contributed by atoms with Crippen LogP contribution in [-0.4, -0.2) is 31.4 Å². The molecule has 2 rings (SSSR count). The van der Waals surface area contributed by atoms with Gasteiger partial charge in [-0.05, 0) is 17.7 Å². The largest absolute Gasteiger partial charge is 0.497 e. The number of aliphatic hydroxyl groups is 1. The number of nitrogens with one attached hydrogen (secondary N) is 1. The van der Waals surface area contributed by atoms with E-state index in [4.69, 9.17) is 9.47 Å². The summed E-state index contributed by atoms with van der Waals surface area (Å²) in [5.74, 6) is 0.605. The highest BCUT2D eigenvalue weighted by molar-refractivity contribution is 5.87. The van der Waals surface area contributed by atoms with Crippen LogP contribution in [0.4, 0.5) is 0 Å².